The van der Waals surface area contributed by atoms with E-state index in [1.807, 2.05) is 12.1 Å². The molecule has 2 heterocycles. The smallest absolute Gasteiger partial charge is 0.231 e. The van der Waals surface area contributed by atoms with Gasteiger partial charge in [-0.2, -0.15) is 0 Å². The molecule has 0 bridgehead atoms. The SMILES string of the molecule is CC(C)N1C(N)=NCC1c1ccc2c(c1)OCO2. The molecule has 0 saturated heterocycles. The molecule has 2 aliphatic heterocycles. The Morgan fingerprint density at radius 3 is 2.89 bits per heavy atom. The van der Waals surface area contributed by atoms with Crippen molar-refractivity contribution >= 4 is 5.96 Å². The number of ether oxygens (including phenoxy) is 2. The lowest BCUT2D eigenvalue weighted by atomic mass is 10.0. The molecule has 18 heavy (non-hydrogen) atoms. The number of nitrogens with zero attached hydrogens (tertiary/aromatic N) is 2. The fraction of sp³-hybridized carbons (Fsp3) is 0.462. The van der Waals surface area contributed by atoms with Crippen LogP contribution in [0.1, 0.15) is 25.5 Å². The Morgan fingerprint density at radius 2 is 2.11 bits per heavy atom. The zero-order valence-electron chi connectivity index (χ0n) is 10.6. The van der Waals surface area contributed by atoms with Crippen molar-refractivity contribution in [2.24, 2.45) is 10.7 Å². The van der Waals surface area contributed by atoms with Crippen LogP contribution in [0.4, 0.5) is 0 Å². The molecule has 96 valence electrons. The van der Waals surface area contributed by atoms with Crippen molar-refractivity contribution in [3.8, 4) is 11.5 Å². The molecule has 2 N–H and O–H groups in total. The highest BCUT2D eigenvalue weighted by atomic mass is 16.7. The van der Waals surface area contributed by atoms with Gasteiger partial charge in [-0.3, -0.25) is 4.99 Å². The molecule has 0 spiro atoms. The first kappa shape index (κ1) is 11.2. The normalized spacial score (nSPS) is 21.6. The average molecular weight is 247 g/mol. The summed E-state index contributed by atoms with van der Waals surface area (Å²) in [5.74, 6) is 2.23. The van der Waals surface area contributed by atoms with Crippen LogP contribution < -0.4 is 15.2 Å². The molecule has 2 aliphatic rings. The molecular weight excluding hydrogens is 230 g/mol. The topological polar surface area (TPSA) is 60.1 Å². The minimum Gasteiger partial charge on any atom is -0.454 e. The lowest BCUT2D eigenvalue weighted by Gasteiger charge is -2.30. The second-order valence-electron chi connectivity index (χ2n) is 4.83. The summed E-state index contributed by atoms with van der Waals surface area (Å²) in [6.07, 6.45) is 0. The highest BCUT2D eigenvalue weighted by Crippen LogP contribution is 2.37. The minimum absolute atomic E-state index is 0.194. The third-order valence-electron chi connectivity index (χ3n) is 3.36. The van der Waals surface area contributed by atoms with Gasteiger partial charge in [0.2, 0.25) is 6.79 Å². The summed E-state index contributed by atoms with van der Waals surface area (Å²) in [5.41, 5.74) is 7.10. The fourth-order valence-electron chi connectivity index (χ4n) is 2.52. The van der Waals surface area contributed by atoms with Gasteiger partial charge < -0.3 is 20.1 Å². The molecule has 5 nitrogen and oxygen atoms in total. The maximum absolute atomic E-state index is 5.94. The van der Waals surface area contributed by atoms with E-state index in [1.165, 1.54) is 0 Å². The highest BCUT2D eigenvalue weighted by Gasteiger charge is 2.30. The van der Waals surface area contributed by atoms with E-state index < -0.39 is 0 Å². The Kier molecular flexibility index (Phi) is 2.54. The van der Waals surface area contributed by atoms with Crippen LogP contribution in [0.15, 0.2) is 23.2 Å². The maximum atomic E-state index is 5.94. The number of aliphatic imine (C=N–C) groups is 1. The van der Waals surface area contributed by atoms with E-state index in [0.29, 0.717) is 25.3 Å². The first-order valence-corrected chi connectivity index (χ1v) is 6.14. The van der Waals surface area contributed by atoms with Crippen molar-refractivity contribution in [2.45, 2.75) is 25.9 Å². The van der Waals surface area contributed by atoms with Crippen LogP contribution in [0.25, 0.3) is 0 Å². The number of benzene rings is 1. The molecule has 0 aromatic heterocycles. The van der Waals surface area contributed by atoms with Gasteiger partial charge in [-0.05, 0) is 31.5 Å². The van der Waals surface area contributed by atoms with Crippen LogP contribution in [0.3, 0.4) is 0 Å². The van der Waals surface area contributed by atoms with Crippen molar-refractivity contribution in [1.82, 2.24) is 4.90 Å². The maximum Gasteiger partial charge on any atom is 0.231 e. The number of fused-ring (bicyclic) bond motifs is 1. The van der Waals surface area contributed by atoms with Crippen molar-refractivity contribution in [3.05, 3.63) is 23.8 Å². The zero-order valence-corrected chi connectivity index (χ0v) is 10.6. The number of nitrogens with two attached hydrogens (primary N) is 1. The van der Waals surface area contributed by atoms with Crippen molar-refractivity contribution < 1.29 is 9.47 Å². The fourth-order valence-corrected chi connectivity index (χ4v) is 2.52. The molecule has 0 radical (unpaired) electrons. The Hall–Kier alpha value is -1.91. The Balaban J connectivity index is 1.91. The van der Waals surface area contributed by atoms with Gasteiger partial charge >= 0.3 is 0 Å². The van der Waals surface area contributed by atoms with Crippen LogP contribution in [-0.4, -0.2) is 30.2 Å². The predicted octanol–water partition coefficient (Wildman–Crippen LogP) is 1.50. The standard InChI is InChI=1S/C13H17N3O2/c1-8(2)16-10(6-15-13(16)14)9-3-4-11-12(5-9)18-7-17-11/h3-5,8,10H,6-7H2,1-2H3,(H2,14,15). The van der Waals surface area contributed by atoms with E-state index in [0.717, 1.165) is 17.1 Å². The summed E-state index contributed by atoms with van der Waals surface area (Å²) in [5, 5.41) is 0. The van der Waals surface area contributed by atoms with Crippen molar-refractivity contribution in [2.75, 3.05) is 13.3 Å². The quantitative estimate of drug-likeness (QED) is 0.860. The third kappa shape index (κ3) is 1.66. The lowest BCUT2D eigenvalue weighted by molar-refractivity contribution is 0.174. The average Bonchev–Trinajstić information content (AvgIpc) is 2.93. The molecule has 0 aliphatic carbocycles. The Bertz CT molecular complexity index is 499. The van der Waals surface area contributed by atoms with Crippen molar-refractivity contribution in [1.29, 1.82) is 0 Å². The molecule has 1 atom stereocenters. The van der Waals surface area contributed by atoms with E-state index in [2.05, 4.69) is 29.8 Å². The zero-order chi connectivity index (χ0) is 12.7. The molecule has 3 rings (SSSR count). The van der Waals surface area contributed by atoms with E-state index in [1.54, 1.807) is 0 Å². The highest BCUT2D eigenvalue weighted by molar-refractivity contribution is 5.80. The molecule has 1 unspecified atom stereocenters. The first-order chi connectivity index (χ1) is 8.66. The van der Waals surface area contributed by atoms with Crippen LogP contribution in [0.2, 0.25) is 0 Å². The Labute approximate surface area is 106 Å². The van der Waals surface area contributed by atoms with E-state index in [4.69, 9.17) is 15.2 Å². The number of hydrogen-bond acceptors (Lipinski definition) is 5. The number of guanidine groups is 1. The molecule has 5 heteroatoms. The van der Waals surface area contributed by atoms with E-state index in [-0.39, 0.29) is 6.04 Å². The van der Waals surface area contributed by atoms with Gasteiger partial charge in [-0.25, -0.2) is 0 Å². The summed E-state index contributed by atoms with van der Waals surface area (Å²) >= 11 is 0. The van der Waals surface area contributed by atoms with E-state index in [9.17, 15) is 0 Å². The van der Waals surface area contributed by atoms with Gasteiger partial charge in [0.1, 0.15) is 0 Å². The van der Waals surface area contributed by atoms with Crippen molar-refractivity contribution in [3.63, 3.8) is 0 Å². The first-order valence-electron chi connectivity index (χ1n) is 6.14. The van der Waals surface area contributed by atoms with Crippen LogP contribution >= 0.6 is 0 Å². The summed E-state index contributed by atoms with van der Waals surface area (Å²) < 4.78 is 10.7. The lowest BCUT2D eigenvalue weighted by Crippen LogP contribution is -2.40. The second kappa shape index (κ2) is 4.08. The van der Waals surface area contributed by atoms with Gasteiger partial charge in [-0.1, -0.05) is 6.07 Å². The molecule has 0 saturated carbocycles. The molecule has 1 aromatic rings. The third-order valence-corrected chi connectivity index (χ3v) is 3.36. The van der Waals surface area contributed by atoms with Crippen LogP contribution in [-0.2, 0) is 0 Å². The number of hydrogen-bond donors (Lipinski definition) is 1. The van der Waals surface area contributed by atoms with Gasteiger partial charge in [0.15, 0.2) is 17.5 Å². The molecule has 1 aromatic carbocycles. The summed E-state index contributed by atoms with van der Waals surface area (Å²) in [6.45, 7) is 5.24. The second-order valence-corrected chi connectivity index (χ2v) is 4.83. The van der Waals surface area contributed by atoms with Crippen LogP contribution in [0.5, 0.6) is 11.5 Å². The predicted molar refractivity (Wildman–Crippen MR) is 68.8 cm³/mol. The molecule has 0 amide bonds. The largest absolute Gasteiger partial charge is 0.454 e. The van der Waals surface area contributed by atoms with Gasteiger partial charge in [0.05, 0.1) is 12.6 Å². The van der Waals surface area contributed by atoms with Gasteiger partial charge in [-0.15, -0.1) is 0 Å². The number of rotatable bonds is 2. The summed E-state index contributed by atoms with van der Waals surface area (Å²) in [7, 11) is 0. The van der Waals surface area contributed by atoms with Crippen LogP contribution in [0, 0.1) is 0 Å². The van der Waals surface area contributed by atoms with Gasteiger partial charge in [0.25, 0.3) is 0 Å². The molecule has 0 fully saturated rings. The molecular formula is C13H17N3O2. The minimum atomic E-state index is 0.194. The Morgan fingerprint density at radius 1 is 1.33 bits per heavy atom. The monoisotopic (exact) mass is 247 g/mol. The summed E-state index contributed by atoms with van der Waals surface area (Å²) in [6, 6.07) is 6.55. The van der Waals surface area contributed by atoms with E-state index >= 15 is 0 Å². The van der Waals surface area contributed by atoms with Gasteiger partial charge in [0, 0.05) is 6.04 Å². The summed E-state index contributed by atoms with van der Waals surface area (Å²) in [4.78, 5) is 6.47.